The lowest BCUT2D eigenvalue weighted by Crippen LogP contribution is -2.52. The molecule has 1 aliphatic heterocycles. The molecule has 1 aromatic rings. The maximum absolute atomic E-state index is 12.6. The highest BCUT2D eigenvalue weighted by molar-refractivity contribution is 5.82. The minimum atomic E-state index is -0.174. The van der Waals surface area contributed by atoms with Crippen molar-refractivity contribution < 1.29 is 9.53 Å². The zero-order chi connectivity index (χ0) is 15.9. The van der Waals surface area contributed by atoms with Gasteiger partial charge in [-0.05, 0) is 43.4 Å². The van der Waals surface area contributed by atoms with Crippen molar-refractivity contribution in [3.05, 3.63) is 30.1 Å². The summed E-state index contributed by atoms with van der Waals surface area (Å²) in [6.07, 6.45) is 5.43. The molecule has 0 radical (unpaired) electrons. The molecule has 2 unspecified atom stereocenters. The summed E-state index contributed by atoms with van der Waals surface area (Å²) in [7, 11) is 0. The van der Waals surface area contributed by atoms with Crippen molar-refractivity contribution in [2.24, 2.45) is 5.92 Å². The molecule has 2 rings (SSSR count). The zero-order valence-electron chi connectivity index (χ0n) is 13.7. The van der Waals surface area contributed by atoms with Crippen molar-refractivity contribution in [1.29, 1.82) is 0 Å². The molecule has 1 fully saturated rings. The molecule has 2 N–H and O–H groups in total. The van der Waals surface area contributed by atoms with Crippen LogP contribution in [0.5, 0.6) is 0 Å². The van der Waals surface area contributed by atoms with Gasteiger partial charge in [0, 0.05) is 31.6 Å². The molecule has 22 heavy (non-hydrogen) atoms. The molecule has 0 spiro atoms. The van der Waals surface area contributed by atoms with Gasteiger partial charge in [-0.3, -0.25) is 9.78 Å². The lowest BCUT2D eigenvalue weighted by atomic mass is 9.99. The second-order valence-corrected chi connectivity index (χ2v) is 6.29. The number of carbonyl (C=O) groups is 1. The number of carbonyl (C=O) groups excluding carboxylic acids is 1. The fourth-order valence-electron chi connectivity index (χ4n) is 2.73. The maximum Gasteiger partial charge on any atom is 0.237 e. The highest BCUT2D eigenvalue weighted by atomic mass is 16.5. The number of amides is 1. The SMILES string of the molecule is CC(NC(=O)C(NC1CCOCC1)C(C)C)c1ccncc1. The minimum Gasteiger partial charge on any atom is -0.381 e. The highest BCUT2D eigenvalue weighted by Gasteiger charge is 2.27. The number of aromatic nitrogens is 1. The van der Waals surface area contributed by atoms with E-state index in [0.29, 0.717) is 6.04 Å². The smallest absolute Gasteiger partial charge is 0.237 e. The van der Waals surface area contributed by atoms with E-state index >= 15 is 0 Å². The molecular formula is C17H27N3O2. The summed E-state index contributed by atoms with van der Waals surface area (Å²) in [4.78, 5) is 16.6. The Morgan fingerprint density at radius 2 is 1.86 bits per heavy atom. The van der Waals surface area contributed by atoms with Crippen molar-refractivity contribution in [3.63, 3.8) is 0 Å². The van der Waals surface area contributed by atoms with Crippen LogP contribution >= 0.6 is 0 Å². The van der Waals surface area contributed by atoms with Gasteiger partial charge < -0.3 is 15.4 Å². The van der Waals surface area contributed by atoms with E-state index in [1.165, 1.54) is 0 Å². The molecule has 1 aliphatic rings. The molecule has 5 nitrogen and oxygen atoms in total. The zero-order valence-corrected chi connectivity index (χ0v) is 13.7. The van der Waals surface area contributed by atoms with E-state index in [0.717, 1.165) is 31.6 Å². The van der Waals surface area contributed by atoms with Crippen LogP contribution in [0.3, 0.4) is 0 Å². The van der Waals surface area contributed by atoms with Gasteiger partial charge in [0.15, 0.2) is 0 Å². The fraction of sp³-hybridized carbons (Fsp3) is 0.647. The summed E-state index contributed by atoms with van der Waals surface area (Å²) in [6, 6.07) is 4.03. The minimum absolute atomic E-state index is 0.0201. The summed E-state index contributed by atoms with van der Waals surface area (Å²) >= 11 is 0. The summed E-state index contributed by atoms with van der Waals surface area (Å²) < 4.78 is 5.38. The van der Waals surface area contributed by atoms with Crippen LogP contribution in [0.1, 0.15) is 45.2 Å². The Morgan fingerprint density at radius 1 is 1.23 bits per heavy atom. The van der Waals surface area contributed by atoms with E-state index in [1.54, 1.807) is 12.4 Å². The summed E-state index contributed by atoms with van der Waals surface area (Å²) in [5.74, 6) is 0.304. The molecule has 0 aromatic carbocycles. The molecule has 2 atom stereocenters. The number of nitrogens with one attached hydrogen (secondary N) is 2. The molecule has 122 valence electrons. The first-order chi connectivity index (χ1) is 10.6. The average Bonchev–Trinajstić information content (AvgIpc) is 2.54. The summed E-state index contributed by atoms with van der Waals surface area (Å²) in [6.45, 7) is 7.70. The lowest BCUT2D eigenvalue weighted by molar-refractivity contribution is -0.125. The fourth-order valence-corrected chi connectivity index (χ4v) is 2.73. The topological polar surface area (TPSA) is 63.2 Å². The van der Waals surface area contributed by atoms with Crippen LogP contribution < -0.4 is 10.6 Å². The van der Waals surface area contributed by atoms with Crippen LogP contribution in [0.4, 0.5) is 0 Å². The van der Waals surface area contributed by atoms with Crippen molar-refractivity contribution in [2.75, 3.05) is 13.2 Å². The van der Waals surface area contributed by atoms with Crippen LogP contribution in [0.2, 0.25) is 0 Å². The van der Waals surface area contributed by atoms with E-state index in [-0.39, 0.29) is 23.9 Å². The van der Waals surface area contributed by atoms with Crippen molar-refractivity contribution in [1.82, 2.24) is 15.6 Å². The Balaban J connectivity index is 1.94. The maximum atomic E-state index is 12.6. The first kappa shape index (κ1) is 16.9. The van der Waals surface area contributed by atoms with Gasteiger partial charge in [-0.1, -0.05) is 13.8 Å². The van der Waals surface area contributed by atoms with Crippen molar-refractivity contribution >= 4 is 5.91 Å². The van der Waals surface area contributed by atoms with Gasteiger partial charge in [-0.15, -0.1) is 0 Å². The number of hydrogen-bond donors (Lipinski definition) is 2. The predicted octanol–water partition coefficient (Wildman–Crippen LogP) is 2.05. The van der Waals surface area contributed by atoms with Gasteiger partial charge >= 0.3 is 0 Å². The van der Waals surface area contributed by atoms with Crippen LogP contribution in [-0.2, 0) is 9.53 Å². The van der Waals surface area contributed by atoms with Crippen LogP contribution in [0.25, 0.3) is 0 Å². The van der Waals surface area contributed by atoms with E-state index in [9.17, 15) is 4.79 Å². The normalized spacial score (nSPS) is 18.9. The quantitative estimate of drug-likeness (QED) is 0.844. The molecular weight excluding hydrogens is 278 g/mol. The number of pyridine rings is 1. The Morgan fingerprint density at radius 3 is 2.45 bits per heavy atom. The monoisotopic (exact) mass is 305 g/mol. The third kappa shape index (κ3) is 4.78. The van der Waals surface area contributed by atoms with E-state index < -0.39 is 0 Å². The van der Waals surface area contributed by atoms with Gasteiger partial charge in [0.25, 0.3) is 0 Å². The Labute approximate surface area is 132 Å². The molecule has 1 aromatic heterocycles. The number of nitrogens with zero attached hydrogens (tertiary/aromatic N) is 1. The van der Waals surface area contributed by atoms with E-state index in [1.807, 2.05) is 19.1 Å². The molecule has 0 saturated carbocycles. The van der Waals surface area contributed by atoms with Crippen LogP contribution in [0.15, 0.2) is 24.5 Å². The van der Waals surface area contributed by atoms with E-state index in [2.05, 4.69) is 29.5 Å². The molecule has 1 saturated heterocycles. The Bertz CT molecular complexity index is 458. The largest absolute Gasteiger partial charge is 0.381 e. The van der Waals surface area contributed by atoms with Gasteiger partial charge in [0.05, 0.1) is 12.1 Å². The number of ether oxygens (including phenoxy) is 1. The van der Waals surface area contributed by atoms with Gasteiger partial charge in [0.2, 0.25) is 5.91 Å². The third-order valence-electron chi connectivity index (χ3n) is 4.15. The molecule has 0 aliphatic carbocycles. The first-order valence-corrected chi connectivity index (χ1v) is 8.12. The van der Waals surface area contributed by atoms with Crippen LogP contribution in [0, 0.1) is 5.92 Å². The average molecular weight is 305 g/mol. The standard InChI is InChI=1S/C17H27N3O2/c1-12(2)16(20-15-6-10-22-11-7-15)17(21)19-13(3)14-4-8-18-9-5-14/h4-5,8-9,12-13,15-16,20H,6-7,10-11H2,1-3H3,(H,19,21). The van der Waals surface area contributed by atoms with Crippen molar-refractivity contribution in [3.8, 4) is 0 Å². The summed E-state index contributed by atoms with van der Waals surface area (Å²) in [5, 5.41) is 6.61. The molecule has 1 amide bonds. The summed E-state index contributed by atoms with van der Waals surface area (Å²) in [5.41, 5.74) is 1.07. The Kier molecular flexibility index (Phi) is 6.34. The van der Waals surface area contributed by atoms with Gasteiger partial charge in [-0.25, -0.2) is 0 Å². The number of rotatable bonds is 6. The second kappa shape index (κ2) is 8.25. The predicted molar refractivity (Wildman–Crippen MR) is 86.4 cm³/mol. The Hall–Kier alpha value is -1.46. The van der Waals surface area contributed by atoms with E-state index in [4.69, 9.17) is 4.74 Å². The molecule has 0 bridgehead atoms. The van der Waals surface area contributed by atoms with Crippen molar-refractivity contribution in [2.45, 2.75) is 51.7 Å². The molecule has 5 heteroatoms. The highest BCUT2D eigenvalue weighted by Crippen LogP contribution is 2.14. The molecule has 2 heterocycles. The number of hydrogen-bond acceptors (Lipinski definition) is 4. The van der Waals surface area contributed by atoms with Crippen LogP contribution in [-0.4, -0.2) is 36.2 Å². The van der Waals surface area contributed by atoms with Gasteiger partial charge in [0.1, 0.15) is 0 Å². The third-order valence-corrected chi connectivity index (χ3v) is 4.15. The van der Waals surface area contributed by atoms with Gasteiger partial charge in [-0.2, -0.15) is 0 Å². The lowest BCUT2D eigenvalue weighted by Gasteiger charge is -2.30. The first-order valence-electron chi connectivity index (χ1n) is 8.12. The second-order valence-electron chi connectivity index (χ2n) is 6.29.